The van der Waals surface area contributed by atoms with Gasteiger partial charge in [-0.3, -0.25) is 9.48 Å². The van der Waals surface area contributed by atoms with Crippen LogP contribution in [0.15, 0.2) is 36.7 Å². The quantitative estimate of drug-likeness (QED) is 0.659. The molecule has 3 N–H and O–H groups in total. The van der Waals surface area contributed by atoms with Crippen LogP contribution in [0.2, 0.25) is 0 Å². The third-order valence-electron chi connectivity index (χ3n) is 2.08. The molecule has 6 heteroatoms. The zero-order chi connectivity index (χ0) is 12.3. The molecule has 1 aromatic heterocycles. The van der Waals surface area contributed by atoms with E-state index in [2.05, 4.69) is 33.0 Å². The number of halogens is 1. The van der Waals surface area contributed by atoms with Crippen LogP contribution in [0.1, 0.15) is 0 Å². The molecule has 0 atom stereocenters. The summed E-state index contributed by atoms with van der Waals surface area (Å²) in [6.07, 6.45) is 3.51. The summed E-state index contributed by atoms with van der Waals surface area (Å²) in [6, 6.07) is 7.07. The largest absolute Gasteiger partial charge is 0.399 e. The average Bonchev–Trinajstić information content (AvgIpc) is 2.63. The number of hydrogen-bond acceptors (Lipinski definition) is 3. The van der Waals surface area contributed by atoms with E-state index in [1.54, 1.807) is 41.3 Å². The Labute approximate surface area is 112 Å². The fraction of sp³-hybridized carbons (Fsp3) is 0.0909. The monoisotopic (exact) mass is 342 g/mol. The number of nitrogens with zero attached hydrogens (tertiary/aromatic N) is 2. The van der Waals surface area contributed by atoms with Gasteiger partial charge in [-0.15, -0.1) is 0 Å². The smallest absolute Gasteiger partial charge is 0.246 e. The first-order valence-electron chi connectivity index (χ1n) is 4.97. The zero-order valence-corrected chi connectivity index (χ0v) is 11.1. The third-order valence-corrected chi connectivity index (χ3v) is 2.63. The van der Waals surface area contributed by atoms with E-state index < -0.39 is 0 Å². The summed E-state index contributed by atoms with van der Waals surface area (Å²) in [5, 5.41) is 6.80. The fourth-order valence-electron chi connectivity index (χ4n) is 1.39. The van der Waals surface area contributed by atoms with Crippen molar-refractivity contribution in [1.29, 1.82) is 0 Å². The lowest BCUT2D eigenvalue weighted by Crippen LogP contribution is -2.19. The highest BCUT2D eigenvalue weighted by Gasteiger charge is 2.04. The number of benzene rings is 1. The second kappa shape index (κ2) is 5.17. The van der Waals surface area contributed by atoms with Crippen LogP contribution < -0.4 is 11.1 Å². The van der Waals surface area contributed by atoms with Gasteiger partial charge < -0.3 is 11.1 Å². The number of carbonyl (C=O) groups excluding carboxylic acids is 1. The molecule has 0 radical (unpaired) electrons. The van der Waals surface area contributed by atoms with Gasteiger partial charge in [0, 0.05) is 17.6 Å². The van der Waals surface area contributed by atoms with E-state index in [0.717, 1.165) is 3.57 Å². The van der Waals surface area contributed by atoms with Crippen LogP contribution in [-0.2, 0) is 11.3 Å². The van der Waals surface area contributed by atoms with Gasteiger partial charge >= 0.3 is 0 Å². The first-order chi connectivity index (χ1) is 8.13. The van der Waals surface area contributed by atoms with Crippen molar-refractivity contribution < 1.29 is 4.79 Å². The number of hydrogen-bond donors (Lipinski definition) is 2. The predicted molar refractivity (Wildman–Crippen MR) is 74.4 cm³/mol. The minimum Gasteiger partial charge on any atom is -0.399 e. The number of anilines is 2. The molecule has 5 nitrogen and oxygen atoms in total. The molecule has 1 heterocycles. The minimum absolute atomic E-state index is 0.130. The Morgan fingerprint density at radius 1 is 1.53 bits per heavy atom. The zero-order valence-electron chi connectivity index (χ0n) is 8.93. The summed E-state index contributed by atoms with van der Waals surface area (Å²) in [7, 11) is 0. The molecular formula is C11H11IN4O. The van der Waals surface area contributed by atoms with Crippen LogP contribution >= 0.6 is 22.6 Å². The van der Waals surface area contributed by atoms with Gasteiger partial charge in [-0.05, 0) is 40.8 Å². The highest BCUT2D eigenvalue weighted by atomic mass is 127. The summed E-state index contributed by atoms with van der Waals surface area (Å²) in [6.45, 7) is 0.192. The molecule has 0 spiro atoms. The van der Waals surface area contributed by atoms with Crippen molar-refractivity contribution in [3.05, 3.63) is 40.2 Å². The van der Waals surface area contributed by atoms with Crippen molar-refractivity contribution in [3.63, 3.8) is 0 Å². The van der Waals surface area contributed by atoms with Crippen LogP contribution in [0.5, 0.6) is 0 Å². The maximum atomic E-state index is 11.7. The molecule has 0 aliphatic carbocycles. The first-order valence-corrected chi connectivity index (χ1v) is 6.05. The molecular weight excluding hydrogens is 331 g/mol. The molecule has 0 fully saturated rings. The second-order valence-corrected chi connectivity index (χ2v) is 4.78. The maximum Gasteiger partial charge on any atom is 0.246 e. The Morgan fingerprint density at radius 3 is 3.00 bits per heavy atom. The van der Waals surface area contributed by atoms with E-state index >= 15 is 0 Å². The predicted octanol–water partition coefficient (Wildman–Crippen LogP) is 1.71. The lowest BCUT2D eigenvalue weighted by Gasteiger charge is -2.05. The number of aromatic nitrogens is 2. The van der Waals surface area contributed by atoms with E-state index in [4.69, 9.17) is 5.73 Å². The van der Waals surface area contributed by atoms with E-state index in [1.807, 2.05) is 0 Å². The van der Waals surface area contributed by atoms with Gasteiger partial charge in [0.05, 0.1) is 9.77 Å². The average molecular weight is 342 g/mol. The van der Waals surface area contributed by atoms with E-state index in [9.17, 15) is 4.79 Å². The minimum atomic E-state index is -0.130. The summed E-state index contributed by atoms with van der Waals surface area (Å²) < 4.78 is 2.59. The molecule has 0 aliphatic rings. The van der Waals surface area contributed by atoms with Crippen molar-refractivity contribution in [3.8, 4) is 0 Å². The highest BCUT2D eigenvalue weighted by molar-refractivity contribution is 14.1. The van der Waals surface area contributed by atoms with E-state index in [0.29, 0.717) is 11.4 Å². The van der Waals surface area contributed by atoms with Crippen LogP contribution in [-0.4, -0.2) is 15.7 Å². The summed E-state index contributed by atoms with van der Waals surface area (Å²) in [5.41, 5.74) is 6.93. The van der Waals surface area contributed by atoms with Crippen LogP contribution in [0.3, 0.4) is 0 Å². The van der Waals surface area contributed by atoms with Crippen LogP contribution in [0.25, 0.3) is 0 Å². The molecule has 2 aromatic rings. The van der Waals surface area contributed by atoms with Crippen molar-refractivity contribution in [2.45, 2.75) is 6.54 Å². The van der Waals surface area contributed by atoms with Crippen LogP contribution in [0.4, 0.5) is 11.4 Å². The maximum absolute atomic E-state index is 11.7. The van der Waals surface area contributed by atoms with Crippen molar-refractivity contribution in [2.24, 2.45) is 0 Å². The van der Waals surface area contributed by atoms with Crippen molar-refractivity contribution in [1.82, 2.24) is 9.78 Å². The van der Waals surface area contributed by atoms with Crippen LogP contribution in [0, 0.1) is 3.57 Å². The number of nitrogen functional groups attached to an aromatic ring is 1. The van der Waals surface area contributed by atoms with Gasteiger partial charge in [-0.25, -0.2) is 0 Å². The lowest BCUT2D eigenvalue weighted by molar-refractivity contribution is -0.116. The number of nitrogens with one attached hydrogen (secondary N) is 1. The normalized spacial score (nSPS) is 10.2. The lowest BCUT2D eigenvalue weighted by atomic mass is 10.3. The Morgan fingerprint density at radius 2 is 2.35 bits per heavy atom. The Kier molecular flexibility index (Phi) is 3.62. The second-order valence-electron chi connectivity index (χ2n) is 3.53. The summed E-state index contributed by atoms with van der Waals surface area (Å²) >= 11 is 2.14. The Bertz CT molecular complexity index is 538. The van der Waals surface area contributed by atoms with Gasteiger partial charge in [0.1, 0.15) is 6.54 Å². The summed E-state index contributed by atoms with van der Waals surface area (Å²) in [5.74, 6) is -0.130. The molecule has 1 amide bonds. The Balaban J connectivity index is 1.98. The highest BCUT2D eigenvalue weighted by Crippen LogP contribution is 2.11. The molecule has 17 heavy (non-hydrogen) atoms. The standard InChI is InChI=1S/C11H11IN4O/c12-8-5-14-16(6-8)7-11(17)15-10-3-1-2-9(13)4-10/h1-6H,7,13H2,(H,15,17). The number of carbonyl (C=O) groups is 1. The number of nitrogens with two attached hydrogens (primary N) is 1. The third kappa shape index (κ3) is 3.45. The first kappa shape index (κ1) is 11.9. The molecule has 2 rings (SSSR count). The van der Waals surface area contributed by atoms with E-state index in [-0.39, 0.29) is 12.5 Å². The van der Waals surface area contributed by atoms with Crippen molar-refractivity contribution >= 4 is 39.9 Å². The molecule has 0 saturated carbocycles. The summed E-state index contributed by atoms with van der Waals surface area (Å²) in [4.78, 5) is 11.7. The van der Waals surface area contributed by atoms with Gasteiger partial charge in [0.25, 0.3) is 0 Å². The molecule has 1 aromatic carbocycles. The SMILES string of the molecule is Nc1cccc(NC(=O)Cn2cc(I)cn2)c1. The molecule has 0 unspecified atom stereocenters. The Hall–Kier alpha value is -1.57. The molecule has 0 aliphatic heterocycles. The molecule has 88 valence electrons. The van der Waals surface area contributed by atoms with Crippen molar-refractivity contribution in [2.75, 3.05) is 11.1 Å². The van der Waals surface area contributed by atoms with Gasteiger partial charge in [0.15, 0.2) is 0 Å². The number of amides is 1. The molecule has 0 bridgehead atoms. The van der Waals surface area contributed by atoms with Gasteiger partial charge in [-0.1, -0.05) is 6.07 Å². The number of rotatable bonds is 3. The fourth-order valence-corrected chi connectivity index (χ4v) is 1.83. The van der Waals surface area contributed by atoms with E-state index in [1.165, 1.54) is 0 Å². The van der Waals surface area contributed by atoms with Gasteiger partial charge in [0.2, 0.25) is 5.91 Å². The van der Waals surface area contributed by atoms with Gasteiger partial charge in [-0.2, -0.15) is 5.10 Å². The molecule has 0 saturated heterocycles. The topological polar surface area (TPSA) is 72.9 Å².